The van der Waals surface area contributed by atoms with Gasteiger partial charge in [0.2, 0.25) is 0 Å². The van der Waals surface area contributed by atoms with Crippen molar-refractivity contribution in [1.82, 2.24) is 0 Å². The van der Waals surface area contributed by atoms with E-state index in [1.54, 1.807) is 0 Å². The zero-order chi connectivity index (χ0) is 19.0. The van der Waals surface area contributed by atoms with Crippen molar-refractivity contribution in [3.8, 4) is 0 Å². The molecule has 0 aliphatic heterocycles. The molecule has 136 valence electrons. The monoisotopic (exact) mass is 364 g/mol. The molecule has 0 bridgehead atoms. The van der Waals surface area contributed by atoms with Crippen LogP contribution < -0.4 is 0 Å². The Bertz CT molecular complexity index is 692. The summed E-state index contributed by atoms with van der Waals surface area (Å²) < 4.78 is 79.7. The van der Waals surface area contributed by atoms with E-state index < -0.39 is 46.3 Å². The highest BCUT2D eigenvalue weighted by Crippen LogP contribution is 2.45. The van der Waals surface area contributed by atoms with Gasteiger partial charge in [0.05, 0.1) is 17.2 Å². The molecule has 0 spiro atoms. The normalized spacial score (nSPS) is 14.4. The first-order valence-corrected chi connectivity index (χ1v) is 7.14. The van der Waals surface area contributed by atoms with Crippen LogP contribution in [0.3, 0.4) is 0 Å². The Hall–Kier alpha value is -2.06. The van der Waals surface area contributed by atoms with Crippen LogP contribution in [0.2, 0.25) is 0 Å². The first-order valence-electron chi connectivity index (χ1n) is 7.14. The lowest BCUT2D eigenvalue weighted by atomic mass is 9.77. The number of hydrogen-bond acceptors (Lipinski definition) is 2. The van der Waals surface area contributed by atoms with Crippen molar-refractivity contribution in [1.29, 1.82) is 0 Å². The largest absolute Gasteiger partial charge is 0.416 e. The molecule has 2 nitrogen and oxygen atoms in total. The first kappa shape index (κ1) is 19.3. The van der Waals surface area contributed by atoms with Crippen molar-refractivity contribution < 1.29 is 36.6 Å². The highest BCUT2D eigenvalue weighted by molar-refractivity contribution is 5.47. The molecule has 2 aromatic rings. The van der Waals surface area contributed by atoms with Crippen LogP contribution >= 0.6 is 0 Å². The second-order valence-corrected chi connectivity index (χ2v) is 5.53. The minimum atomic E-state index is -4.92. The Morgan fingerprint density at radius 3 is 1.20 bits per heavy atom. The van der Waals surface area contributed by atoms with Crippen molar-refractivity contribution in [3.05, 3.63) is 70.8 Å². The van der Waals surface area contributed by atoms with E-state index in [-0.39, 0.29) is 0 Å². The van der Waals surface area contributed by atoms with E-state index in [2.05, 4.69) is 0 Å². The molecule has 25 heavy (non-hydrogen) atoms. The quantitative estimate of drug-likeness (QED) is 0.796. The predicted octanol–water partition coefficient (Wildman–Crippen LogP) is 4.34. The van der Waals surface area contributed by atoms with Gasteiger partial charge < -0.3 is 10.2 Å². The lowest BCUT2D eigenvalue weighted by Crippen LogP contribution is -2.42. The third kappa shape index (κ3) is 3.50. The fourth-order valence-corrected chi connectivity index (χ4v) is 2.72. The minimum Gasteiger partial charge on any atom is -0.390 e. The molecule has 0 aliphatic rings. The summed E-state index contributed by atoms with van der Waals surface area (Å²) in [4.78, 5) is 0. The Labute approximate surface area is 139 Å². The third-order valence-corrected chi connectivity index (χ3v) is 3.89. The first-order chi connectivity index (χ1) is 11.4. The third-order valence-electron chi connectivity index (χ3n) is 3.89. The topological polar surface area (TPSA) is 40.5 Å². The van der Waals surface area contributed by atoms with E-state index in [9.17, 15) is 36.6 Å². The Kier molecular flexibility index (Phi) is 4.89. The van der Waals surface area contributed by atoms with Crippen molar-refractivity contribution in [2.24, 2.45) is 0 Å². The maximum atomic E-state index is 13.3. The van der Waals surface area contributed by atoms with Gasteiger partial charge >= 0.3 is 12.4 Å². The van der Waals surface area contributed by atoms with Crippen molar-refractivity contribution in [2.75, 3.05) is 0 Å². The van der Waals surface area contributed by atoms with E-state index in [0.29, 0.717) is 12.1 Å². The van der Waals surface area contributed by atoms with Crippen LogP contribution in [0, 0.1) is 0 Å². The highest BCUT2D eigenvalue weighted by atomic mass is 19.4. The van der Waals surface area contributed by atoms with Gasteiger partial charge in [0.1, 0.15) is 5.60 Å². The number of benzene rings is 2. The Balaban J connectivity index is 2.85. The average Bonchev–Trinajstić information content (AvgIpc) is 2.52. The zero-order valence-corrected chi connectivity index (χ0v) is 12.9. The molecular formula is C17H14F6O2. The van der Waals surface area contributed by atoms with Crippen LogP contribution in [0.15, 0.2) is 48.5 Å². The fourth-order valence-electron chi connectivity index (χ4n) is 2.72. The SMILES string of the molecule is C[C@H](O)C(O)(c1ccccc1C(F)(F)F)c1ccccc1C(F)(F)F. The summed E-state index contributed by atoms with van der Waals surface area (Å²) in [5.74, 6) is 0. The van der Waals surface area contributed by atoms with Crippen LogP contribution in [0.25, 0.3) is 0 Å². The number of halogens is 6. The number of rotatable bonds is 3. The van der Waals surface area contributed by atoms with Crippen LogP contribution in [-0.2, 0) is 18.0 Å². The van der Waals surface area contributed by atoms with Gasteiger partial charge in [0.15, 0.2) is 0 Å². The number of aliphatic hydroxyl groups excluding tert-OH is 1. The van der Waals surface area contributed by atoms with Crippen LogP contribution in [-0.4, -0.2) is 16.3 Å². The van der Waals surface area contributed by atoms with Crippen LogP contribution in [0.1, 0.15) is 29.2 Å². The van der Waals surface area contributed by atoms with Crippen LogP contribution in [0.4, 0.5) is 26.3 Å². The molecule has 0 saturated carbocycles. The minimum absolute atomic E-state index is 0.638. The zero-order valence-electron chi connectivity index (χ0n) is 12.9. The molecule has 0 fully saturated rings. The highest BCUT2D eigenvalue weighted by Gasteiger charge is 2.48. The Morgan fingerprint density at radius 2 is 0.960 bits per heavy atom. The molecule has 0 radical (unpaired) electrons. The number of hydrogen-bond donors (Lipinski definition) is 2. The van der Waals surface area contributed by atoms with E-state index >= 15 is 0 Å². The summed E-state index contributed by atoms with van der Waals surface area (Å²) in [5, 5.41) is 20.8. The van der Waals surface area contributed by atoms with Gasteiger partial charge in [-0.3, -0.25) is 0 Å². The molecule has 1 atom stereocenters. The average molecular weight is 364 g/mol. The van der Waals surface area contributed by atoms with Gasteiger partial charge in [0, 0.05) is 11.1 Å². The molecule has 8 heteroatoms. The maximum Gasteiger partial charge on any atom is 0.416 e. The smallest absolute Gasteiger partial charge is 0.390 e. The van der Waals surface area contributed by atoms with E-state index in [1.807, 2.05) is 0 Å². The number of aliphatic hydroxyl groups is 2. The molecule has 0 amide bonds. The molecule has 0 unspecified atom stereocenters. The van der Waals surface area contributed by atoms with Crippen LogP contribution in [0.5, 0.6) is 0 Å². The molecule has 2 aromatic carbocycles. The van der Waals surface area contributed by atoms with Crippen molar-refractivity contribution in [3.63, 3.8) is 0 Å². The van der Waals surface area contributed by atoms with Gasteiger partial charge in [-0.25, -0.2) is 0 Å². The number of alkyl halides is 6. The summed E-state index contributed by atoms with van der Waals surface area (Å²) in [6.45, 7) is 0.931. The standard InChI is InChI=1S/C17H14F6O2/c1-10(24)15(25,11-6-2-4-8-13(11)16(18,19)20)12-7-3-5-9-14(12)17(21,22)23/h2-10,24-25H,1H3/t10-/m0/s1. The Morgan fingerprint density at radius 1 is 0.680 bits per heavy atom. The lowest BCUT2D eigenvalue weighted by Gasteiger charge is -2.35. The van der Waals surface area contributed by atoms with Crippen molar-refractivity contribution >= 4 is 0 Å². The van der Waals surface area contributed by atoms with Gasteiger partial charge in [-0.1, -0.05) is 36.4 Å². The second-order valence-electron chi connectivity index (χ2n) is 5.53. The molecule has 2 rings (SSSR count). The molecule has 2 N–H and O–H groups in total. The fraction of sp³-hybridized carbons (Fsp3) is 0.294. The van der Waals surface area contributed by atoms with Gasteiger partial charge in [0.25, 0.3) is 0 Å². The maximum absolute atomic E-state index is 13.3. The molecular weight excluding hydrogens is 350 g/mol. The van der Waals surface area contributed by atoms with Gasteiger partial charge in [-0.15, -0.1) is 0 Å². The van der Waals surface area contributed by atoms with E-state index in [4.69, 9.17) is 0 Å². The summed E-state index contributed by atoms with van der Waals surface area (Å²) in [6.07, 6.45) is -11.8. The molecule has 0 heterocycles. The lowest BCUT2D eigenvalue weighted by molar-refractivity contribution is -0.145. The van der Waals surface area contributed by atoms with E-state index in [0.717, 1.165) is 43.3 Å². The molecule has 0 aromatic heterocycles. The summed E-state index contributed by atoms with van der Waals surface area (Å²) in [7, 11) is 0. The summed E-state index contributed by atoms with van der Waals surface area (Å²) in [6, 6.07) is 7.36. The molecule has 0 saturated heterocycles. The van der Waals surface area contributed by atoms with E-state index in [1.165, 1.54) is 0 Å². The summed E-state index contributed by atoms with van der Waals surface area (Å²) in [5.41, 5.74) is -7.26. The predicted molar refractivity (Wildman–Crippen MR) is 77.6 cm³/mol. The van der Waals surface area contributed by atoms with Crippen molar-refractivity contribution in [2.45, 2.75) is 31.0 Å². The van der Waals surface area contributed by atoms with Gasteiger partial charge in [-0.2, -0.15) is 26.3 Å². The second kappa shape index (κ2) is 6.34. The summed E-state index contributed by atoms with van der Waals surface area (Å²) >= 11 is 0. The molecule has 0 aliphatic carbocycles. The van der Waals surface area contributed by atoms with Gasteiger partial charge in [-0.05, 0) is 19.1 Å².